The standard InChI is InChI=1S/C77H49N4S/c1-3-79(51-33-38-72-66(44-51)61-24-10-13-28-70(61)80(72)52-34-39-73-67(45-52)62-25-11-14-29-71(62)81(73)53-35-40-75-68(46-53)63-26-12-15-30-74(63)82-75)77-64-27-9-8-22-57(64)60-37-32-50(43-69(60)76(77)78-2)48-18-16-17-47(41-48)49-31-36-59-56-21-5-4-19-54(56)55-20-6-7-23-58(55)65(59)42-49/h3-46H,2H2,1H3/q+1/b79-3-. The summed E-state index contributed by atoms with van der Waals surface area (Å²) >= 11 is 1.86. The van der Waals surface area contributed by atoms with E-state index in [0.717, 1.165) is 72.1 Å². The van der Waals surface area contributed by atoms with Crippen LogP contribution in [0.5, 0.6) is 0 Å². The number of aromatic nitrogens is 2. The van der Waals surface area contributed by atoms with Gasteiger partial charge in [-0.2, -0.15) is 4.58 Å². The van der Waals surface area contributed by atoms with Crippen LogP contribution in [-0.2, 0) is 0 Å². The Morgan fingerprint density at radius 1 is 0.329 bits per heavy atom. The summed E-state index contributed by atoms with van der Waals surface area (Å²) in [4.78, 5) is 4.95. The molecule has 0 bridgehead atoms. The lowest BCUT2D eigenvalue weighted by Gasteiger charge is -2.15. The van der Waals surface area contributed by atoms with Crippen LogP contribution in [0.25, 0.3) is 151 Å². The summed E-state index contributed by atoms with van der Waals surface area (Å²) in [6, 6.07) is 96.3. The van der Waals surface area contributed by atoms with Crippen LogP contribution in [0.3, 0.4) is 0 Å². The Morgan fingerprint density at radius 2 is 0.768 bits per heavy atom. The van der Waals surface area contributed by atoms with Crippen molar-refractivity contribution in [1.29, 1.82) is 0 Å². The zero-order valence-corrected chi connectivity index (χ0v) is 45.6. The van der Waals surface area contributed by atoms with Crippen molar-refractivity contribution in [3.05, 3.63) is 261 Å². The van der Waals surface area contributed by atoms with Crippen molar-refractivity contribution < 1.29 is 0 Å². The molecule has 0 aliphatic rings. The molecule has 0 aliphatic heterocycles. The lowest BCUT2D eigenvalue weighted by Crippen LogP contribution is -2.06. The predicted molar refractivity (Wildman–Crippen MR) is 355 cm³/mol. The molecule has 5 heteroatoms. The number of para-hydroxylation sites is 2. The Labute approximate surface area is 476 Å². The normalized spacial score (nSPS) is 12.3. The van der Waals surface area contributed by atoms with E-state index < -0.39 is 0 Å². The van der Waals surface area contributed by atoms with Crippen molar-refractivity contribution in [2.24, 2.45) is 4.99 Å². The van der Waals surface area contributed by atoms with Gasteiger partial charge in [-0.3, -0.25) is 4.99 Å². The molecule has 0 unspecified atom stereocenters. The second kappa shape index (κ2) is 18.0. The third-order valence-electron chi connectivity index (χ3n) is 17.4. The van der Waals surface area contributed by atoms with Crippen LogP contribution >= 0.6 is 11.3 Å². The second-order valence-corrected chi connectivity index (χ2v) is 22.7. The maximum Gasteiger partial charge on any atom is 0.245 e. The van der Waals surface area contributed by atoms with Gasteiger partial charge in [-0.25, -0.2) is 0 Å². The minimum absolute atomic E-state index is 0.844. The molecule has 0 N–H and O–H groups in total. The first kappa shape index (κ1) is 46.5. The van der Waals surface area contributed by atoms with Crippen LogP contribution in [0.2, 0.25) is 0 Å². The van der Waals surface area contributed by atoms with E-state index in [4.69, 9.17) is 4.99 Å². The van der Waals surface area contributed by atoms with Crippen molar-refractivity contribution in [3.63, 3.8) is 0 Å². The minimum Gasteiger partial charge on any atom is -0.309 e. The number of thiophene rings is 1. The van der Waals surface area contributed by atoms with Gasteiger partial charge in [-0.05, 0) is 157 Å². The van der Waals surface area contributed by atoms with Crippen LogP contribution in [-0.4, -0.2) is 22.1 Å². The Hall–Kier alpha value is -10.5. The second-order valence-electron chi connectivity index (χ2n) is 21.6. The first-order valence-corrected chi connectivity index (χ1v) is 28.9. The van der Waals surface area contributed by atoms with E-state index in [1.54, 1.807) is 0 Å². The van der Waals surface area contributed by atoms with Gasteiger partial charge in [0.1, 0.15) is 11.9 Å². The van der Waals surface area contributed by atoms with E-state index in [-0.39, 0.29) is 0 Å². The third-order valence-corrected chi connectivity index (χ3v) is 18.5. The van der Waals surface area contributed by atoms with E-state index >= 15 is 0 Å². The maximum absolute atomic E-state index is 4.95. The highest BCUT2D eigenvalue weighted by Gasteiger charge is 2.27. The molecule has 4 nitrogen and oxygen atoms in total. The number of rotatable bonds is 7. The molecular formula is C77H49N4S+. The van der Waals surface area contributed by atoms with Gasteiger partial charge in [0.15, 0.2) is 0 Å². The van der Waals surface area contributed by atoms with E-state index in [1.165, 1.54) is 96.2 Å². The summed E-state index contributed by atoms with van der Waals surface area (Å²) in [6.45, 7) is 6.41. The fraction of sp³-hybridized carbons (Fsp3) is 0.0130. The highest BCUT2D eigenvalue weighted by atomic mass is 32.1. The Kier molecular flexibility index (Phi) is 10.2. The molecule has 14 aromatic carbocycles. The van der Waals surface area contributed by atoms with Crippen LogP contribution in [0, 0.1) is 0 Å². The molecule has 17 rings (SSSR count). The molecule has 0 amide bonds. The lowest BCUT2D eigenvalue weighted by atomic mass is 9.91. The van der Waals surface area contributed by atoms with Gasteiger partial charge in [0.05, 0.1) is 27.5 Å². The van der Waals surface area contributed by atoms with Crippen molar-refractivity contribution >= 4 is 159 Å². The van der Waals surface area contributed by atoms with E-state index in [9.17, 15) is 0 Å². The molecule has 382 valence electrons. The fourth-order valence-corrected chi connectivity index (χ4v) is 14.8. The van der Waals surface area contributed by atoms with Gasteiger partial charge >= 0.3 is 0 Å². The maximum atomic E-state index is 4.95. The summed E-state index contributed by atoms with van der Waals surface area (Å²) in [6.07, 6.45) is 2.17. The smallest absolute Gasteiger partial charge is 0.245 e. The molecular weight excluding hydrogens is 1010 g/mol. The van der Waals surface area contributed by atoms with Crippen LogP contribution in [0.4, 0.5) is 17.1 Å². The monoisotopic (exact) mass is 1060 g/mol. The van der Waals surface area contributed by atoms with Gasteiger partial charge in [0.25, 0.3) is 0 Å². The number of benzene rings is 14. The summed E-state index contributed by atoms with van der Waals surface area (Å²) in [5, 5.41) is 19.5. The summed E-state index contributed by atoms with van der Waals surface area (Å²) in [5.74, 6) is 0. The molecule has 0 spiro atoms. The summed E-state index contributed by atoms with van der Waals surface area (Å²) in [7, 11) is 0. The van der Waals surface area contributed by atoms with Gasteiger partial charge in [0.2, 0.25) is 11.4 Å². The first-order chi connectivity index (χ1) is 40.6. The van der Waals surface area contributed by atoms with Crippen molar-refractivity contribution in [2.75, 3.05) is 0 Å². The zero-order valence-electron chi connectivity index (χ0n) is 44.8. The average Bonchev–Trinajstić information content (AvgIpc) is 3.17. The molecule has 0 atom stereocenters. The molecule has 3 aromatic heterocycles. The Morgan fingerprint density at radius 3 is 1.39 bits per heavy atom. The van der Waals surface area contributed by atoms with Crippen LogP contribution in [0.15, 0.2) is 266 Å². The number of nitrogens with zero attached hydrogens (tertiary/aromatic N) is 4. The van der Waals surface area contributed by atoms with Gasteiger partial charge in [-0.15, -0.1) is 11.3 Å². The van der Waals surface area contributed by atoms with Gasteiger partial charge in [0, 0.05) is 77.5 Å². The quantitative estimate of drug-likeness (QED) is 0.0863. The molecule has 17 aromatic rings. The lowest BCUT2D eigenvalue weighted by molar-refractivity contribution is 1.11. The van der Waals surface area contributed by atoms with Crippen molar-refractivity contribution in [3.8, 4) is 33.6 Å². The van der Waals surface area contributed by atoms with Crippen LogP contribution in [0.1, 0.15) is 6.92 Å². The minimum atomic E-state index is 0.844. The van der Waals surface area contributed by atoms with E-state index in [2.05, 4.69) is 294 Å². The Bertz CT molecular complexity index is 5600. The highest BCUT2D eigenvalue weighted by molar-refractivity contribution is 7.25. The largest absolute Gasteiger partial charge is 0.309 e. The number of aliphatic imine (C=N–C) groups is 1. The summed E-state index contributed by atoms with van der Waals surface area (Å²) < 4.78 is 9.81. The molecule has 0 fully saturated rings. The highest BCUT2D eigenvalue weighted by Crippen LogP contribution is 2.48. The molecule has 3 heterocycles. The molecule has 0 saturated carbocycles. The summed E-state index contributed by atoms with van der Waals surface area (Å²) in [5.41, 5.74) is 14.5. The molecule has 0 radical (unpaired) electrons. The van der Waals surface area contributed by atoms with E-state index in [1.807, 2.05) is 11.3 Å². The van der Waals surface area contributed by atoms with Gasteiger partial charge in [-0.1, -0.05) is 164 Å². The fourth-order valence-electron chi connectivity index (χ4n) is 13.7. The predicted octanol–water partition coefficient (Wildman–Crippen LogP) is 21.6. The van der Waals surface area contributed by atoms with Crippen molar-refractivity contribution in [1.82, 2.24) is 13.7 Å². The van der Waals surface area contributed by atoms with Crippen LogP contribution < -0.4 is 4.58 Å². The van der Waals surface area contributed by atoms with Crippen molar-refractivity contribution in [2.45, 2.75) is 6.92 Å². The number of hydrogen-bond acceptors (Lipinski definition) is 2. The molecule has 0 aliphatic carbocycles. The Balaban J connectivity index is 0.784. The SMILES string of the molecule is C=Nc1c(/[N+](=C\C)c2ccc3c(c2)c2ccccc2n3-c2ccc3c(c2)c2ccccc2n3-c2ccc3sc4ccccc4c3c2)c2ccccc2c2ccc(-c3cccc(-c4ccc5c6ccccc6c6ccccc6c5c4)c3)cc12. The van der Waals surface area contributed by atoms with Gasteiger partial charge < -0.3 is 9.13 Å². The molecule has 0 saturated heterocycles. The average molecular weight is 1060 g/mol. The molecule has 82 heavy (non-hydrogen) atoms. The number of hydrogen-bond donors (Lipinski definition) is 0. The first-order valence-electron chi connectivity index (χ1n) is 28.0. The zero-order chi connectivity index (χ0) is 54.2. The third kappa shape index (κ3) is 6.84. The number of fused-ring (bicyclic) bond motifs is 18. The van der Waals surface area contributed by atoms with E-state index in [0.29, 0.717) is 0 Å². The topological polar surface area (TPSA) is 25.2 Å².